The largest absolute Gasteiger partial charge is 0.335 e. The predicted molar refractivity (Wildman–Crippen MR) is 82.6 cm³/mol. The summed E-state index contributed by atoms with van der Waals surface area (Å²) in [6.07, 6.45) is 4.33. The Balaban J connectivity index is 1.68. The topological polar surface area (TPSA) is 59.0 Å². The molecule has 0 aliphatic heterocycles. The van der Waals surface area contributed by atoms with Crippen molar-refractivity contribution in [2.24, 2.45) is 5.92 Å². The molecule has 0 unspecified atom stereocenters. The lowest BCUT2D eigenvalue weighted by Gasteiger charge is -2.12. The molecule has 2 N–H and O–H groups in total. The molecule has 1 aromatic heterocycles. The number of hydrogen-bond donors (Lipinski definition) is 2. The Morgan fingerprint density at radius 1 is 1.33 bits per heavy atom. The minimum Gasteiger partial charge on any atom is -0.335 e. The summed E-state index contributed by atoms with van der Waals surface area (Å²) in [5, 5.41) is 10.2. The first-order valence-electron chi connectivity index (χ1n) is 7.32. The van der Waals surface area contributed by atoms with Crippen LogP contribution in [-0.2, 0) is 0 Å². The fraction of sp³-hybridized carbons (Fsp3) is 0.375. The highest BCUT2D eigenvalue weighted by Crippen LogP contribution is 2.32. The maximum atomic E-state index is 12.0. The Morgan fingerprint density at radius 3 is 2.71 bits per heavy atom. The molecule has 1 fully saturated rings. The molecule has 0 saturated heterocycles. The van der Waals surface area contributed by atoms with Crippen LogP contribution in [0.25, 0.3) is 5.69 Å². The lowest BCUT2D eigenvalue weighted by atomic mass is 10.2. The minimum atomic E-state index is -0.184. The van der Waals surface area contributed by atoms with Crippen LogP contribution in [0.3, 0.4) is 0 Å². The van der Waals surface area contributed by atoms with E-state index >= 15 is 0 Å². The maximum absolute atomic E-state index is 12.0. The normalized spacial score (nSPS) is 15.5. The zero-order valence-corrected chi connectivity index (χ0v) is 12.3. The summed E-state index contributed by atoms with van der Waals surface area (Å²) in [5.74, 6) is 1.23. The number of benzene rings is 1. The molecule has 110 valence electrons. The smallest absolute Gasteiger partial charge is 0.320 e. The molecular formula is C16H20N4O. The van der Waals surface area contributed by atoms with Gasteiger partial charge in [0, 0.05) is 17.8 Å². The van der Waals surface area contributed by atoms with Crippen molar-refractivity contribution in [3.8, 4) is 5.69 Å². The molecule has 3 rings (SSSR count). The molecule has 1 aliphatic carbocycles. The van der Waals surface area contributed by atoms with Crippen molar-refractivity contribution < 1.29 is 4.79 Å². The van der Waals surface area contributed by atoms with Gasteiger partial charge in [0.2, 0.25) is 0 Å². The predicted octanol–water partition coefficient (Wildman–Crippen LogP) is 3.10. The van der Waals surface area contributed by atoms with Gasteiger partial charge in [0.1, 0.15) is 0 Å². The number of carbonyl (C=O) groups is 1. The quantitative estimate of drug-likeness (QED) is 0.906. The van der Waals surface area contributed by atoms with Gasteiger partial charge >= 0.3 is 6.03 Å². The van der Waals surface area contributed by atoms with Gasteiger partial charge in [0.15, 0.2) is 5.82 Å². The Hall–Kier alpha value is -2.30. The number of aromatic nitrogens is 2. The third kappa shape index (κ3) is 3.24. The lowest BCUT2D eigenvalue weighted by Crippen LogP contribution is -2.37. The molecule has 1 aliphatic rings. The average molecular weight is 284 g/mol. The molecule has 1 heterocycles. The second-order valence-electron chi connectivity index (χ2n) is 5.67. The average Bonchev–Trinajstić information content (AvgIpc) is 3.26. The van der Waals surface area contributed by atoms with E-state index in [9.17, 15) is 4.79 Å². The number of hydrogen-bond acceptors (Lipinski definition) is 2. The molecule has 1 aromatic carbocycles. The molecule has 21 heavy (non-hydrogen) atoms. The van der Waals surface area contributed by atoms with Gasteiger partial charge in [-0.1, -0.05) is 18.2 Å². The highest BCUT2D eigenvalue weighted by atomic mass is 16.2. The Kier molecular flexibility index (Phi) is 3.64. The summed E-state index contributed by atoms with van der Waals surface area (Å²) >= 11 is 0. The zero-order valence-electron chi connectivity index (χ0n) is 12.3. The van der Waals surface area contributed by atoms with Crippen LogP contribution in [0.4, 0.5) is 10.6 Å². The van der Waals surface area contributed by atoms with Crippen molar-refractivity contribution in [2.45, 2.75) is 32.7 Å². The van der Waals surface area contributed by atoms with Gasteiger partial charge in [-0.25, -0.2) is 9.48 Å². The molecule has 0 spiro atoms. The van der Waals surface area contributed by atoms with Crippen molar-refractivity contribution in [1.29, 1.82) is 0 Å². The highest BCUT2D eigenvalue weighted by Gasteiger charge is 2.29. The first kappa shape index (κ1) is 13.7. The Morgan fingerprint density at radius 2 is 2.05 bits per heavy atom. The summed E-state index contributed by atoms with van der Waals surface area (Å²) in [7, 11) is 0. The molecule has 5 nitrogen and oxygen atoms in total. The van der Waals surface area contributed by atoms with Gasteiger partial charge < -0.3 is 5.32 Å². The van der Waals surface area contributed by atoms with Crippen LogP contribution < -0.4 is 10.6 Å². The van der Waals surface area contributed by atoms with Gasteiger partial charge in [-0.05, 0) is 44.7 Å². The Bertz CT molecular complexity index is 631. The second-order valence-corrected chi connectivity index (χ2v) is 5.67. The van der Waals surface area contributed by atoms with E-state index in [4.69, 9.17) is 0 Å². The van der Waals surface area contributed by atoms with Gasteiger partial charge in [0.25, 0.3) is 0 Å². The third-order valence-corrected chi connectivity index (χ3v) is 3.84. The fourth-order valence-corrected chi connectivity index (χ4v) is 2.36. The van der Waals surface area contributed by atoms with Gasteiger partial charge in [-0.2, -0.15) is 0 Å². The monoisotopic (exact) mass is 284 g/mol. The number of carbonyl (C=O) groups excluding carboxylic acids is 1. The molecule has 0 radical (unpaired) electrons. The van der Waals surface area contributed by atoms with E-state index in [1.807, 2.05) is 50.4 Å². The number of para-hydroxylation sites is 1. The van der Waals surface area contributed by atoms with Crippen molar-refractivity contribution in [2.75, 3.05) is 5.32 Å². The van der Waals surface area contributed by atoms with E-state index in [0.29, 0.717) is 11.7 Å². The van der Waals surface area contributed by atoms with Crippen LogP contribution >= 0.6 is 0 Å². The maximum Gasteiger partial charge on any atom is 0.320 e. The number of urea groups is 1. The second kappa shape index (κ2) is 5.60. The number of anilines is 1. The number of amides is 2. The number of rotatable bonds is 4. The van der Waals surface area contributed by atoms with Crippen molar-refractivity contribution in [3.63, 3.8) is 0 Å². The van der Waals surface area contributed by atoms with Crippen LogP contribution in [0.1, 0.15) is 25.3 Å². The zero-order chi connectivity index (χ0) is 14.8. The van der Waals surface area contributed by atoms with Gasteiger partial charge in [0.05, 0.1) is 5.69 Å². The lowest BCUT2D eigenvalue weighted by molar-refractivity contribution is 0.248. The number of nitrogens with zero attached hydrogens (tertiary/aromatic N) is 2. The van der Waals surface area contributed by atoms with E-state index in [-0.39, 0.29) is 12.1 Å². The summed E-state index contributed by atoms with van der Waals surface area (Å²) in [6, 6.07) is 9.88. The SMILES string of the molecule is Cc1cn(-c2ccccc2)nc1NC(=O)N[C@@H](C)C1CC1. The molecule has 2 amide bonds. The van der Waals surface area contributed by atoms with Crippen molar-refractivity contribution in [1.82, 2.24) is 15.1 Å². The van der Waals surface area contributed by atoms with E-state index in [1.165, 1.54) is 12.8 Å². The summed E-state index contributed by atoms with van der Waals surface area (Å²) in [4.78, 5) is 12.0. The molecule has 1 atom stereocenters. The first-order valence-corrected chi connectivity index (χ1v) is 7.32. The van der Waals surface area contributed by atoms with E-state index in [1.54, 1.807) is 4.68 Å². The van der Waals surface area contributed by atoms with Crippen LogP contribution in [0, 0.1) is 12.8 Å². The number of nitrogens with one attached hydrogen (secondary N) is 2. The third-order valence-electron chi connectivity index (χ3n) is 3.84. The summed E-state index contributed by atoms with van der Waals surface area (Å²) < 4.78 is 1.77. The Labute approximate surface area is 124 Å². The highest BCUT2D eigenvalue weighted by molar-refractivity contribution is 5.89. The minimum absolute atomic E-state index is 0.184. The van der Waals surface area contributed by atoms with E-state index < -0.39 is 0 Å². The van der Waals surface area contributed by atoms with E-state index in [0.717, 1.165) is 11.3 Å². The van der Waals surface area contributed by atoms with Crippen LogP contribution in [-0.4, -0.2) is 21.9 Å². The standard InChI is InChI=1S/C16H20N4O/c1-11-10-20(14-6-4-3-5-7-14)19-15(11)18-16(21)17-12(2)13-8-9-13/h3-7,10,12-13H,8-9H2,1-2H3,(H2,17,18,19,21)/t12-/m0/s1. The number of aryl methyl sites for hydroxylation is 1. The molecule has 5 heteroatoms. The molecule has 0 bridgehead atoms. The molecular weight excluding hydrogens is 264 g/mol. The van der Waals surface area contributed by atoms with Crippen LogP contribution in [0.15, 0.2) is 36.5 Å². The summed E-state index contributed by atoms with van der Waals surface area (Å²) in [6.45, 7) is 3.99. The first-order chi connectivity index (χ1) is 10.1. The van der Waals surface area contributed by atoms with Crippen LogP contribution in [0.5, 0.6) is 0 Å². The van der Waals surface area contributed by atoms with Crippen molar-refractivity contribution in [3.05, 3.63) is 42.1 Å². The summed E-state index contributed by atoms with van der Waals surface area (Å²) in [5.41, 5.74) is 1.91. The van der Waals surface area contributed by atoms with Crippen LogP contribution in [0.2, 0.25) is 0 Å². The van der Waals surface area contributed by atoms with Gasteiger partial charge in [-0.15, -0.1) is 5.10 Å². The fourth-order valence-electron chi connectivity index (χ4n) is 2.36. The van der Waals surface area contributed by atoms with E-state index in [2.05, 4.69) is 15.7 Å². The van der Waals surface area contributed by atoms with Crippen molar-refractivity contribution >= 4 is 11.8 Å². The van der Waals surface area contributed by atoms with Gasteiger partial charge in [-0.3, -0.25) is 5.32 Å². The molecule has 2 aromatic rings. The molecule has 1 saturated carbocycles.